The van der Waals surface area contributed by atoms with E-state index in [0.717, 1.165) is 6.08 Å². The first-order chi connectivity index (χ1) is 11.7. The molecule has 2 aliphatic carbocycles. The lowest BCUT2D eigenvalue weighted by atomic mass is 9.62. The van der Waals surface area contributed by atoms with Gasteiger partial charge in [0.2, 0.25) is 5.76 Å². The summed E-state index contributed by atoms with van der Waals surface area (Å²) in [7, 11) is 0. The minimum Gasteiger partial charge on any atom is -0.502 e. The lowest BCUT2D eigenvalue weighted by Gasteiger charge is -2.39. The fourth-order valence-corrected chi connectivity index (χ4v) is 4.07. The molecular formula is C19H24O6. The molecule has 0 saturated heterocycles. The van der Waals surface area contributed by atoms with Crippen LogP contribution in [-0.2, 0) is 19.2 Å². The predicted octanol–water partition coefficient (Wildman–Crippen LogP) is 2.77. The summed E-state index contributed by atoms with van der Waals surface area (Å²) < 4.78 is 0. The highest BCUT2D eigenvalue weighted by Gasteiger charge is 2.53. The Kier molecular flexibility index (Phi) is 5.60. The van der Waals surface area contributed by atoms with Gasteiger partial charge in [-0.05, 0) is 43.8 Å². The molecule has 0 aliphatic heterocycles. The van der Waals surface area contributed by atoms with Crippen molar-refractivity contribution in [3.63, 3.8) is 0 Å². The molecule has 2 rings (SSSR count). The number of ketones is 3. The SMILES string of the molecule is C/C(=C/C=C(\O)C(=O)O)C(=O)CC[C@@H]1C(=O)CC[C@]2(C)C(=O)CC[C@@H]12. The number of carboxylic acids is 1. The summed E-state index contributed by atoms with van der Waals surface area (Å²) in [4.78, 5) is 47.2. The molecule has 0 amide bonds. The van der Waals surface area contributed by atoms with Crippen molar-refractivity contribution in [2.75, 3.05) is 0 Å². The van der Waals surface area contributed by atoms with Crippen LogP contribution in [0.15, 0.2) is 23.5 Å². The van der Waals surface area contributed by atoms with Crippen LogP contribution in [-0.4, -0.2) is 33.5 Å². The molecule has 2 aliphatic rings. The summed E-state index contributed by atoms with van der Waals surface area (Å²) in [5.74, 6) is -2.37. The number of allylic oxidation sites excluding steroid dienone is 3. The van der Waals surface area contributed by atoms with Crippen molar-refractivity contribution in [2.24, 2.45) is 17.3 Å². The molecule has 2 saturated carbocycles. The van der Waals surface area contributed by atoms with E-state index in [-0.39, 0.29) is 35.6 Å². The zero-order chi connectivity index (χ0) is 18.8. The maximum Gasteiger partial charge on any atom is 0.370 e. The van der Waals surface area contributed by atoms with Gasteiger partial charge in [0.1, 0.15) is 11.6 Å². The van der Waals surface area contributed by atoms with Crippen LogP contribution in [0.3, 0.4) is 0 Å². The predicted molar refractivity (Wildman–Crippen MR) is 89.9 cm³/mol. The summed E-state index contributed by atoms with van der Waals surface area (Å²) in [5, 5.41) is 17.7. The molecule has 2 fully saturated rings. The number of hydrogen-bond acceptors (Lipinski definition) is 5. The number of aliphatic carboxylic acids is 1. The van der Waals surface area contributed by atoms with E-state index in [0.29, 0.717) is 37.7 Å². The summed E-state index contributed by atoms with van der Waals surface area (Å²) >= 11 is 0. The third kappa shape index (κ3) is 3.89. The van der Waals surface area contributed by atoms with E-state index in [1.165, 1.54) is 6.08 Å². The van der Waals surface area contributed by atoms with E-state index in [1.54, 1.807) is 6.92 Å². The van der Waals surface area contributed by atoms with Gasteiger partial charge in [-0.15, -0.1) is 0 Å². The second-order valence-corrected chi connectivity index (χ2v) is 7.23. The topological polar surface area (TPSA) is 109 Å². The smallest absolute Gasteiger partial charge is 0.370 e. The number of aliphatic hydroxyl groups is 1. The molecule has 0 heterocycles. The highest BCUT2D eigenvalue weighted by Crippen LogP contribution is 2.52. The Morgan fingerprint density at radius 2 is 1.88 bits per heavy atom. The number of aliphatic hydroxyl groups excluding tert-OH is 1. The van der Waals surface area contributed by atoms with Crippen LogP contribution in [0.4, 0.5) is 0 Å². The van der Waals surface area contributed by atoms with E-state index >= 15 is 0 Å². The van der Waals surface area contributed by atoms with Gasteiger partial charge in [-0.2, -0.15) is 0 Å². The zero-order valence-corrected chi connectivity index (χ0v) is 14.6. The molecule has 2 N–H and O–H groups in total. The van der Waals surface area contributed by atoms with Gasteiger partial charge >= 0.3 is 5.97 Å². The average molecular weight is 348 g/mol. The maximum absolute atomic E-state index is 12.3. The first-order valence-electron chi connectivity index (χ1n) is 8.57. The third-order valence-corrected chi connectivity index (χ3v) is 5.76. The minimum atomic E-state index is -1.46. The van der Waals surface area contributed by atoms with Crippen LogP contribution in [0.5, 0.6) is 0 Å². The van der Waals surface area contributed by atoms with Crippen molar-refractivity contribution >= 4 is 23.3 Å². The molecule has 0 aromatic rings. The zero-order valence-electron chi connectivity index (χ0n) is 14.6. The molecular weight excluding hydrogens is 324 g/mol. The van der Waals surface area contributed by atoms with Crippen molar-refractivity contribution < 1.29 is 29.4 Å². The van der Waals surface area contributed by atoms with Gasteiger partial charge in [0.25, 0.3) is 0 Å². The molecule has 0 spiro atoms. The van der Waals surface area contributed by atoms with E-state index in [1.807, 2.05) is 6.92 Å². The molecule has 0 bridgehead atoms. The Bertz CT molecular complexity index is 671. The molecule has 0 unspecified atom stereocenters. The monoisotopic (exact) mass is 348 g/mol. The van der Waals surface area contributed by atoms with Crippen LogP contribution < -0.4 is 0 Å². The van der Waals surface area contributed by atoms with Crippen molar-refractivity contribution in [3.8, 4) is 0 Å². The lowest BCUT2D eigenvalue weighted by molar-refractivity contribution is -0.137. The fourth-order valence-electron chi connectivity index (χ4n) is 4.07. The number of carbonyl (C=O) groups excluding carboxylic acids is 3. The fraction of sp³-hybridized carbons (Fsp3) is 0.579. The molecule has 25 heavy (non-hydrogen) atoms. The molecule has 6 nitrogen and oxygen atoms in total. The number of hydrogen-bond donors (Lipinski definition) is 2. The van der Waals surface area contributed by atoms with Gasteiger partial charge in [0.05, 0.1) is 0 Å². The van der Waals surface area contributed by atoms with Crippen molar-refractivity contribution in [3.05, 3.63) is 23.5 Å². The number of carbonyl (C=O) groups is 4. The summed E-state index contributed by atoms with van der Waals surface area (Å²) in [6.45, 7) is 3.48. The molecule has 136 valence electrons. The largest absolute Gasteiger partial charge is 0.502 e. The average Bonchev–Trinajstić information content (AvgIpc) is 2.87. The Hall–Kier alpha value is -2.24. The lowest BCUT2D eigenvalue weighted by Crippen LogP contribution is -2.42. The van der Waals surface area contributed by atoms with Crippen molar-refractivity contribution in [1.29, 1.82) is 0 Å². The minimum absolute atomic E-state index is 0.0225. The Morgan fingerprint density at radius 3 is 2.52 bits per heavy atom. The quantitative estimate of drug-likeness (QED) is 0.434. The van der Waals surface area contributed by atoms with Crippen molar-refractivity contribution in [2.45, 2.75) is 52.4 Å². The number of fused-ring (bicyclic) bond motifs is 1. The first-order valence-corrected chi connectivity index (χ1v) is 8.57. The summed E-state index contributed by atoms with van der Waals surface area (Å²) in [6.07, 6.45) is 5.03. The van der Waals surface area contributed by atoms with Gasteiger partial charge in [0, 0.05) is 30.6 Å². The third-order valence-electron chi connectivity index (χ3n) is 5.76. The van der Waals surface area contributed by atoms with Crippen molar-refractivity contribution in [1.82, 2.24) is 0 Å². The molecule has 0 aromatic heterocycles. The molecule has 0 aromatic carbocycles. The van der Waals surface area contributed by atoms with E-state index in [2.05, 4.69) is 0 Å². The standard InChI is InChI=1S/C19H24O6/c1-11(3-6-16(22)18(24)25)14(20)7-4-12-13-5-8-17(23)19(13,2)10-9-15(12)21/h3,6,12-13,22H,4-5,7-10H2,1-2H3,(H,24,25)/b11-3-,16-6-/t12-,13-,19-/m0/s1. The van der Waals surface area contributed by atoms with Gasteiger partial charge < -0.3 is 10.2 Å². The molecule has 3 atom stereocenters. The van der Waals surface area contributed by atoms with Crippen LogP contribution in [0.2, 0.25) is 0 Å². The van der Waals surface area contributed by atoms with E-state index < -0.39 is 17.1 Å². The Balaban J connectivity index is 2.02. The van der Waals surface area contributed by atoms with Gasteiger partial charge in [0.15, 0.2) is 5.78 Å². The van der Waals surface area contributed by atoms with Gasteiger partial charge in [-0.3, -0.25) is 14.4 Å². The van der Waals surface area contributed by atoms with Gasteiger partial charge in [-0.1, -0.05) is 13.0 Å². The van der Waals surface area contributed by atoms with E-state index in [4.69, 9.17) is 10.2 Å². The van der Waals surface area contributed by atoms with Crippen LogP contribution >= 0.6 is 0 Å². The molecule has 0 radical (unpaired) electrons. The Morgan fingerprint density at radius 1 is 1.20 bits per heavy atom. The van der Waals surface area contributed by atoms with E-state index in [9.17, 15) is 19.2 Å². The number of carboxylic acid groups (broad SMARTS) is 1. The summed E-state index contributed by atoms with van der Waals surface area (Å²) in [6, 6.07) is 0. The maximum atomic E-state index is 12.3. The normalized spacial score (nSPS) is 30.3. The summed E-state index contributed by atoms with van der Waals surface area (Å²) in [5.41, 5.74) is -0.107. The van der Waals surface area contributed by atoms with Crippen LogP contribution in [0, 0.1) is 17.3 Å². The second kappa shape index (κ2) is 7.33. The van der Waals surface area contributed by atoms with Crippen LogP contribution in [0.25, 0.3) is 0 Å². The first kappa shape index (κ1) is 19.1. The number of Topliss-reactive ketones (excluding diaryl/α,β-unsaturated/α-hetero) is 3. The highest BCUT2D eigenvalue weighted by atomic mass is 16.4. The highest BCUT2D eigenvalue weighted by molar-refractivity contribution is 5.96. The van der Waals surface area contributed by atoms with Crippen LogP contribution in [0.1, 0.15) is 52.4 Å². The molecule has 6 heteroatoms. The van der Waals surface area contributed by atoms with Gasteiger partial charge in [-0.25, -0.2) is 4.79 Å². The second-order valence-electron chi connectivity index (χ2n) is 7.23. The number of rotatable bonds is 6. The Labute approximate surface area is 146 Å².